The highest BCUT2D eigenvalue weighted by Crippen LogP contribution is 2.53. The van der Waals surface area contributed by atoms with Crippen molar-refractivity contribution in [2.24, 2.45) is 23.7 Å². The molecule has 1 N–H and O–H groups in total. The molecule has 3 fully saturated rings. The molecule has 2 bridgehead atoms. The molecule has 4 atom stereocenters. The number of hydrogen-bond donors (Lipinski definition) is 1. The summed E-state index contributed by atoms with van der Waals surface area (Å²) < 4.78 is 0. The third kappa shape index (κ3) is 3.40. The molecule has 6 nitrogen and oxygen atoms in total. The van der Waals surface area contributed by atoms with Gasteiger partial charge in [0, 0.05) is 11.1 Å². The van der Waals surface area contributed by atoms with Crippen molar-refractivity contribution in [2.75, 3.05) is 31.1 Å². The maximum absolute atomic E-state index is 13.2. The van der Waals surface area contributed by atoms with Crippen molar-refractivity contribution in [1.29, 1.82) is 0 Å². The number of hydrogen-bond acceptors (Lipinski definition) is 3. The molecule has 2 aliphatic heterocycles. The predicted molar refractivity (Wildman–Crippen MR) is 123 cm³/mol. The summed E-state index contributed by atoms with van der Waals surface area (Å²) in [6, 6.07) is 17.5. The van der Waals surface area contributed by atoms with E-state index in [1.54, 1.807) is 24.3 Å². The van der Waals surface area contributed by atoms with E-state index in [1.807, 2.05) is 11.0 Å². The number of nitrogens with zero attached hydrogens (tertiary/aromatic N) is 2. The summed E-state index contributed by atoms with van der Waals surface area (Å²) >= 11 is 0. The Bertz CT molecular complexity index is 1110. The van der Waals surface area contributed by atoms with Gasteiger partial charge in [0.25, 0.3) is 5.91 Å². The van der Waals surface area contributed by atoms with E-state index in [0.717, 1.165) is 26.1 Å². The van der Waals surface area contributed by atoms with Gasteiger partial charge in [-0.05, 0) is 36.5 Å². The summed E-state index contributed by atoms with van der Waals surface area (Å²) in [5, 5.41) is 0. The van der Waals surface area contributed by atoms with Crippen LogP contribution < -0.4 is 9.80 Å². The fourth-order valence-corrected chi connectivity index (χ4v) is 6.20. The fraction of sp³-hybridized carbons (Fsp3) is 0.370. The molecule has 2 saturated heterocycles. The number of benzene rings is 2. The van der Waals surface area contributed by atoms with E-state index in [4.69, 9.17) is 0 Å². The normalized spacial score (nSPS) is 28.6. The molecule has 33 heavy (non-hydrogen) atoms. The maximum Gasteiger partial charge on any atom is 0.254 e. The minimum absolute atomic E-state index is 0.0309. The Kier molecular flexibility index (Phi) is 4.91. The van der Waals surface area contributed by atoms with Crippen molar-refractivity contribution in [2.45, 2.75) is 13.0 Å². The minimum atomic E-state index is -0.229. The fourth-order valence-electron chi connectivity index (χ4n) is 6.20. The number of carbonyl (C=O) groups excluding carboxylic acids is 3. The Morgan fingerprint density at radius 3 is 2.21 bits per heavy atom. The van der Waals surface area contributed by atoms with E-state index in [-0.39, 0.29) is 41.4 Å². The topological polar surface area (TPSA) is 62.1 Å². The zero-order valence-electron chi connectivity index (χ0n) is 18.5. The van der Waals surface area contributed by atoms with Crippen molar-refractivity contribution in [3.05, 3.63) is 77.9 Å². The number of quaternary nitrogens is 1. The molecule has 0 spiro atoms. The van der Waals surface area contributed by atoms with E-state index in [9.17, 15) is 14.4 Å². The lowest BCUT2D eigenvalue weighted by Crippen LogP contribution is -3.13. The summed E-state index contributed by atoms with van der Waals surface area (Å²) in [5.41, 5.74) is 2.38. The molecular formula is C27H28N3O3+. The molecule has 0 aromatic heterocycles. The SMILES string of the molecule is O=C(c1cccc(N2C(=O)C3C4C=CC(C4)C3C2=O)c1)N1CC[NH+](Cc2ccccc2)CC1. The van der Waals surface area contributed by atoms with Gasteiger partial charge in [0.15, 0.2) is 0 Å². The third-order valence-electron chi connectivity index (χ3n) is 7.88. The summed E-state index contributed by atoms with van der Waals surface area (Å²) in [6.45, 7) is 4.18. The smallest absolute Gasteiger partial charge is 0.254 e. The van der Waals surface area contributed by atoms with Gasteiger partial charge < -0.3 is 9.80 Å². The minimum Gasteiger partial charge on any atom is -0.328 e. The molecule has 3 amide bonds. The van der Waals surface area contributed by atoms with E-state index >= 15 is 0 Å². The van der Waals surface area contributed by atoms with Gasteiger partial charge >= 0.3 is 0 Å². The Labute approximate surface area is 193 Å². The van der Waals surface area contributed by atoms with Crippen molar-refractivity contribution in [3.63, 3.8) is 0 Å². The maximum atomic E-state index is 13.2. The molecule has 4 unspecified atom stereocenters. The first-order chi connectivity index (χ1) is 16.1. The first kappa shape index (κ1) is 20.4. The standard InChI is InChI=1S/C27H27N3O3/c31-25(29-13-11-28(12-14-29)17-18-5-2-1-3-6-18)21-7-4-8-22(16-21)30-26(32)23-19-9-10-20(15-19)24(23)27(30)33/h1-10,16,19-20,23-24H,11-15,17H2/p+1. The van der Waals surface area contributed by atoms with Gasteiger partial charge in [-0.25, -0.2) is 4.90 Å². The Balaban J connectivity index is 1.14. The van der Waals surface area contributed by atoms with Crippen molar-refractivity contribution < 1.29 is 19.3 Å². The van der Waals surface area contributed by atoms with Gasteiger partial charge in [-0.1, -0.05) is 48.6 Å². The van der Waals surface area contributed by atoms with Crippen molar-refractivity contribution >= 4 is 23.4 Å². The van der Waals surface area contributed by atoms with Crippen LogP contribution in [0.4, 0.5) is 5.69 Å². The largest absolute Gasteiger partial charge is 0.328 e. The van der Waals surface area contributed by atoms with Crippen LogP contribution in [-0.4, -0.2) is 48.8 Å². The number of imide groups is 1. The van der Waals surface area contributed by atoms with Gasteiger partial charge in [-0.2, -0.15) is 0 Å². The molecule has 1 saturated carbocycles. The number of amides is 3. The highest BCUT2D eigenvalue weighted by atomic mass is 16.2. The highest BCUT2D eigenvalue weighted by Gasteiger charge is 2.59. The Hall–Kier alpha value is -3.25. The number of anilines is 1. The highest BCUT2D eigenvalue weighted by molar-refractivity contribution is 6.23. The molecule has 2 aromatic rings. The van der Waals surface area contributed by atoms with Crippen LogP contribution in [0.15, 0.2) is 66.7 Å². The van der Waals surface area contributed by atoms with Gasteiger partial charge in [-0.3, -0.25) is 14.4 Å². The van der Waals surface area contributed by atoms with Gasteiger partial charge in [0.05, 0.1) is 43.7 Å². The van der Waals surface area contributed by atoms with Crippen LogP contribution in [0.3, 0.4) is 0 Å². The van der Waals surface area contributed by atoms with Crippen LogP contribution in [0.1, 0.15) is 22.3 Å². The van der Waals surface area contributed by atoms with Crippen molar-refractivity contribution in [1.82, 2.24) is 4.90 Å². The van der Waals surface area contributed by atoms with Crippen LogP contribution in [0.25, 0.3) is 0 Å². The van der Waals surface area contributed by atoms with Gasteiger partial charge in [-0.15, -0.1) is 0 Å². The van der Waals surface area contributed by atoms with E-state index in [2.05, 4.69) is 36.4 Å². The second-order valence-electron chi connectivity index (χ2n) is 9.77. The average Bonchev–Trinajstić information content (AvgIpc) is 3.53. The first-order valence-electron chi connectivity index (χ1n) is 11.9. The molecular weight excluding hydrogens is 414 g/mol. The summed E-state index contributed by atoms with van der Waals surface area (Å²) in [4.78, 5) is 44.2. The Morgan fingerprint density at radius 1 is 0.879 bits per heavy atom. The molecule has 6 rings (SSSR count). The zero-order chi connectivity index (χ0) is 22.5. The predicted octanol–water partition coefficient (Wildman–Crippen LogP) is 1.54. The van der Waals surface area contributed by atoms with Crippen LogP contribution in [0.5, 0.6) is 0 Å². The third-order valence-corrected chi connectivity index (χ3v) is 7.88. The summed E-state index contributed by atoms with van der Waals surface area (Å²) in [5.74, 6) is -0.340. The monoisotopic (exact) mass is 442 g/mol. The van der Waals surface area contributed by atoms with Crippen LogP contribution in [0, 0.1) is 23.7 Å². The van der Waals surface area contributed by atoms with Gasteiger partial charge in [0.2, 0.25) is 11.8 Å². The van der Waals surface area contributed by atoms with Crippen LogP contribution >= 0.6 is 0 Å². The number of carbonyl (C=O) groups is 3. The summed E-state index contributed by atoms with van der Waals surface area (Å²) in [6.07, 6.45) is 5.11. The summed E-state index contributed by atoms with van der Waals surface area (Å²) in [7, 11) is 0. The molecule has 2 heterocycles. The average molecular weight is 443 g/mol. The van der Waals surface area contributed by atoms with Gasteiger partial charge in [0.1, 0.15) is 6.54 Å². The second-order valence-corrected chi connectivity index (χ2v) is 9.77. The second kappa shape index (κ2) is 7.96. The number of allylic oxidation sites excluding steroid dienone is 2. The number of rotatable bonds is 4. The van der Waals surface area contributed by atoms with Crippen LogP contribution in [0.2, 0.25) is 0 Å². The molecule has 2 aromatic carbocycles. The van der Waals surface area contributed by atoms with E-state index in [0.29, 0.717) is 24.3 Å². The lowest BCUT2D eigenvalue weighted by Gasteiger charge is -2.32. The van der Waals surface area contributed by atoms with E-state index < -0.39 is 0 Å². The lowest BCUT2D eigenvalue weighted by molar-refractivity contribution is -0.917. The molecule has 0 radical (unpaired) electrons. The Morgan fingerprint density at radius 2 is 1.55 bits per heavy atom. The quantitative estimate of drug-likeness (QED) is 0.577. The molecule has 2 aliphatic carbocycles. The number of fused-ring (bicyclic) bond motifs is 5. The first-order valence-corrected chi connectivity index (χ1v) is 11.9. The molecule has 6 heteroatoms. The zero-order valence-corrected chi connectivity index (χ0v) is 18.5. The van der Waals surface area contributed by atoms with Crippen LogP contribution in [-0.2, 0) is 16.1 Å². The number of nitrogens with one attached hydrogen (secondary N) is 1. The lowest BCUT2D eigenvalue weighted by atomic mass is 9.85. The van der Waals surface area contributed by atoms with E-state index in [1.165, 1.54) is 15.4 Å². The molecule has 4 aliphatic rings. The number of piperazine rings is 1. The van der Waals surface area contributed by atoms with Crippen molar-refractivity contribution in [3.8, 4) is 0 Å². The molecule has 168 valence electrons.